The van der Waals surface area contributed by atoms with Gasteiger partial charge in [0, 0.05) is 3.57 Å². The molecular weight excluding hydrogens is 384 g/mol. The van der Waals surface area contributed by atoms with Crippen molar-refractivity contribution in [3.63, 3.8) is 0 Å². The lowest BCUT2D eigenvalue weighted by Crippen LogP contribution is -2.01. The molecule has 6 heteroatoms. The van der Waals surface area contributed by atoms with Crippen molar-refractivity contribution in [2.45, 2.75) is 13.8 Å². The second-order valence-electron chi connectivity index (χ2n) is 3.84. The number of benzene rings is 1. The van der Waals surface area contributed by atoms with E-state index in [2.05, 4.69) is 38.1 Å². The van der Waals surface area contributed by atoms with Gasteiger partial charge in [-0.2, -0.15) is 0 Å². The summed E-state index contributed by atoms with van der Waals surface area (Å²) < 4.78 is 1.08. The van der Waals surface area contributed by atoms with Gasteiger partial charge in [0.2, 0.25) is 0 Å². The van der Waals surface area contributed by atoms with Crippen molar-refractivity contribution >= 4 is 57.3 Å². The SMILES string of the molecule is Cc1c(Cl)nnc(Nc2ccc(I)cc2Cl)c1C. The van der Waals surface area contributed by atoms with Crippen LogP contribution in [0.5, 0.6) is 0 Å². The van der Waals surface area contributed by atoms with Crippen molar-refractivity contribution in [3.8, 4) is 0 Å². The molecule has 0 spiro atoms. The molecule has 0 saturated carbocycles. The fraction of sp³-hybridized carbons (Fsp3) is 0.167. The quantitative estimate of drug-likeness (QED) is 0.748. The number of rotatable bonds is 2. The average Bonchev–Trinajstić information content (AvgIpc) is 2.33. The van der Waals surface area contributed by atoms with Crippen LogP contribution >= 0.6 is 45.8 Å². The molecule has 0 bridgehead atoms. The van der Waals surface area contributed by atoms with E-state index >= 15 is 0 Å². The van der Waals surface area contributed by atoms with Crippen LogP contribution in [0.3, 0.4) is 0 Å². The lowest BCUT2D eigenvalue weighted by Gasteiger charge is -2.11. The van der Waals surface area contributed by atoms with Crippen molar-refractivity contribution in [1.29, 1.82) is 0 Å². The van der Waals surface area contributed by atoms with Crippen molar-refractivity contribution in [2.75, 3.05) is 5.32 Å². The van der Waals surface area contributed by atoms with Gasteiger partial charge in [0.1, 0.15) is 0 Å². The van der Waals surface area contributed by atoms with E-state index in [0.717, 1.165) is 20.4 Å². The summed E-state index contributed by atoms with van der Waals surface area (Å²) in [5.41, 5.74) is 2.68. The van der Waals surface area contributed by atoms with Crippen LogP contribution in [-0.2, 0) is 0 Å². The number of aromatic nitrogens is 2. The zero-order valence-electron chi connectivity index (χ0n) is 9.76. The molecule has 0 aliphatic rings. The van der Waals surface area contributed by atoms with E-state index in [1.165, 1.54) is 0 Å². The molecule has 2 rings (SSSR count). The van der Waals surface area contributed by atoms with Gasteiger partial charge in [-0.05, 0) is 65.8 Å². The highest BCUT2D eigenvalue weighted by atomic mass is 127. The zero-order chi connectivity index (χ0) is 13.3. The Morgan fingerprint density at radius 1 is 1.11 bits per heavy atom. The van der Waals surface area contributed by atoms with Crippen molar-refractivity contribution in [3.05, 3.63) is 43.1 Å². The summed E-state index contributed by atoms with van der Waals surface area (Å²) in [5, 5.41) is 12.2. The first-order valence-corrected chi connectivity index (χ1v) is 7.04. The second-order valence-corrected chi connectivity index (χ2v) is 5.85. The average molecular weight is 394 g/mol. The lowest BCUT2D eigenvalue weighted by atomic mass is 10.2. The largest absolute Gasteiger partial charge is 0.337 e. The van der Waals surface area contributed by atoms with Gasteiger partial charge in [-0.25, -0.2) is 0 Å². The van der Waals surface area contributed by atoms with Crippen LogP contribution in [-0.4, -0.2) is 10.2 Å². The van der Waals surface area contributed by atoms with Gasteiger partial charge >= 0.3 is 0 Å². The Balaban J connectivity index is 2.37. The van der Waals surface area contributed by atoms with Crippen LogP contribution in [0.15, 0.2) is 18.2 Å². The number of hydrogen-bond donors (Lipinski definition) is 1. The number of hydrogen-bond acceptors (Lipinski definition) is 3. The minimum Gasteiger partial charge on any atom is -0.337 e. The summed E-state index contributed by atoms with van der Waals surface area (Å²) in [6.45, 7) is 3.85. The summed E-state index contributed by atoms with van der Waals surface area (Å²) in [6, 6.07) is 5.77. The number of nitrogens with zero attached hydrogens (tertiary/aromatic N) is 2. The normalized spacial score (nSPS) is 10.5. The molecule has 2 aromatic rings. The standard InChI is InChI=1S/C12H10Cl2IN3/c1-6-7(2)12(18-17-11(6)14)16-10-4-3-8(15)5-9(10)13/h3-5H,1-2H3,(H,16,18). The summed E-state index contributed by atoms with van der Waals surface area (Å²) >= 11 is 14.3. The molecule has 0 aliphatic heterocycles. The first-order chi connectivity index (χ1) is 8.49. The second kappa shape index (κ2) is 5.59. The van der Waals surface area contributed by atoms with Gasteiger partial charge in [0.25, 0.3) is 0 Å². The van der Waals surface area contributed by atoms with Crippen LogP contribution < -0.4 is 5.32 Å². The third kappa shape index (κ3) is 2.87. The van der Waals surface area contributed by atoms with E-state index in [9.17, 15) is 0 Å². The molecule has 1 heterocycles. The van der Waals surface area contributed by atoms with Crippen LogP contribution in [0, 0.1) is 17.4 Å². The third-order valence-electron chi connectivity index (χ3n) is 2.65. The Labute approximate surface area is 129 Å². The molecular formula is C12H10Cl2IN3. The lowest BCUT2D eigenvalue weighted by molar-refractivity contribution is 1.00. The molecule has 0 amide bonds. The molecule has 0 atom stereocenters. The van der Waals surface area contributed by atoms with E-state index in [1.54, 1.807) is 0 Å². The molecule has 0 aliphatic carbocycles. The highest BCUT2D eigenvalue weighted by Crippen LogP contribution is 2.29. The van der Waals surface area contributed by atoms with Gasteiger partial charge in [0.15, 0.2) is 11.0 Å². The highest BCUT2D eigenvalue weighted by Gasteiger charge is 2.09. The van der Waals surface area contributed by atoms with Gasteiger partial charge in [-0.1, -0.05) is 23.2 Å². The number of nitrogens with one attached hydrogen (secondary N) is 1. The third-order valence-corrected chi connectivity index (χ3v) is 3.99. The first-order valence-electron chi connectivity index (χ1n) is 5.20. The van der Waals surface area contributed by atoms with Crippen molar-refractivity contribution < 1.29 is 0 Å². The predicted octanol–water partition coefficient (Wildman–Crippen LogP) is 4.75. The molecule has 0 saturated heterocycles. The minimum atomic E-state index is 0.423. The highest BCUT2D eigenvalue weighted by molar-refractivity contribution is 14.1. The minimum absolute atomic E-state index is 0.423. The van der Waals surface area contributed by atoms with Crippen LogP contribution in [0.2, 0.25) is 10.2 Å². The Morgan fingerprint density at radius 3 is 2.50 bits per heavy atom. The zero-order valence-corrected chi connectivity index (χ0v) is 13.4. The van der Waals surface area contributed by atoms with Gasteiger partial charge in [-0.3, -0.25) is 0 Å². The Kier molecular flexibility index (Phi) is 4.29. The van der Waals surface area contributed by atoms with Gasteiger partial charge in [-0.15, -0.1) is 10.2 Å². The van der Waals surface area contributed by atoms with E-state index < -0.39 is 0 Å². The topological polar surface area (TPSA) is 37.8 Å². The van der Waals surface area contributed by atoms with E-state index in [1.807, 2.05) is 32.0 Å². The maximum absolute atomic E-state index is 6.16. The van der Waals surface area contributed by atoms with E-state index in [-0.39, 0.29) is 0 Å². The molecule has 0 radical (unpaired) electrons. The molecule has 3 nitrogen and oxygen atoms in total. The maximum atomic E-state index is 6.16. The molecule has 1 aromatic carbocycles. The Bertz CT molecular complexity index is 602. The first kappa shape index (κ1) is 13.8. The summed E-state index contributed by atoms with van der Waals surface area (Å²) in [6.07, 6.45) is 0. The molecule has 18 heavy (non-hydrogen) atoms. The van der Waals surface area contributed by atoms with E-state index in [4.69, 9.17) is 23.2 Å². The number of anilines is 2. The van der Waals surface area contributed by atoms with Crippen molar-refractivity contribution in [1.82, 2.24) is 10.2 Å². The van der Waals surface area contributed by atoms with Gasteiger partial charge < -0.3 is 5.32 Å². The summed E-state index contributed by atoms with van der Waals surface area (Å²) in [5.74, 6) is 0.667. The van der Waals surface area contributed by atoms with Gasteiger partial charge in [0.05, 0.1) is 10.7 Å². The molecule has 1 N–H and O–H groups in total. The maximum Gasteiger partial charge on any atom is 0.156 e. The van der Waals surface area contributed by atoms with Crippen LogP contribution in [0.4, 0.5) is 11.5 Å². The molecule has 94 valence electrons. The molecule has 0 fully saturated rings. The summed E-state index contributed by atoms with van der Waals surface area (Å²) in [7, 11) is 0. The predicted molar refractivity (Wildman–Crippen MR) is 84.0 cm³/mol. The fourth-order valence-electron chi connectivity index (χ4n) is 1.41. The molecule has 0 unspecified atom stereocenters. The van der Waals surface area contributed by atoms with E-state index in [0.29, 0.717) is 16.0 Å². The van der Waals surface area contributed by atoms with Crippen LogP contribution in [0.1, 0.15) is 11.1 Å². The Morgan fingerprint density at radius 2 is 1.83 bits per heavy atom. The smallest absolute Gasteiger partial charge is 0.156 e. The molecule has 1 aromatic heterocycles. The van der Waals surface area contributed by atoms with Crippen molar-refractivity contribution in [2.24, 2.45) is 0 Å². The summed E-state index contributed by atoms with van der Waals surface area (Å²) in [4.78, 5) is 0. The number of halogens is 3. The Hall–Kier alpha value is -0.590. The van der Waals surface area contributed by atoms with Crippen LogP contribution in [0.25, 0.3) is 0 Å². The monoisotopic (exact) mass is 393 g/mol. The fourth-order valence-corrected chi connectivity index (χ4v) is 2.50.